The molecule has 0 fully saturated rings. The summed E-state index contributed by atoms with van der Waals surface area (Å²) in [5.41, 5.74) is 3.25. The highest BCUT2D eigenvalue weighted by Gasteiger charge is 2.08. The average Bonchev–Trinajstić information content (AvgIpc) is 3.04. The van der Waals surface area contributed by atoms with Crippen LogP contribution in [0.15, 0.2) is 52.2 Å². The molecule has 1 aromatic carbocycles. The molecule has 0 bridgehead atoms. The van der Waals surface area contributed by atoms with Crippen molar-refractivity contribution < 1.29 is 14.0 Å². The topological polar surface area (TPSA) is 83.7 Å². The van der Waals surface area contributed by atoms with Crippen molar-refractivity contribution in [3.8, 4) is 0 Å². The predicted octanol–water partition coefficient (Wildman–Crippen LogP) is 2.20. The van der Waals surface area contributed by atoms with Gasteiger partial charge in [-0.05, 0) is 37.3 Å². The molecule has 0 atom stereocenters. The van der Waals surface area contributed by atoms with E-state index in [1.807, 2.05) is 0 Å². The SMILES string of the molecule is C/C(=N/NC(=O)CNC(=O)c1cccc(Cl)c1)c1ccco1. The number of halogens is 1. The molecule has 2 aromatic rings. The third-order valence-electron chi connectivity index (χ3n) is 2.72. The van der Waals surface area contributed by atoms with E-state index in [0.717, 1.165) is 0 Å². The highest BCUT2D eigenvalue weighted by molar-refractivity contribution is 6.30. The van der Waals surface area contributed by atoms with Gasteiger partial charge in [0.1, 0.15) is 11.5 Å². The molecular formula is C15H14ClN3O3. The molecule has 2 N–H and O–H groups in total. The molecule has 22 heavy (non-hydrogen) atoms. The van der Waals surface area contributed by atoms with Gasteiger partial charge in [-0.15, -0.1) is 0 Å². The van der Waals surface area contributed by atoms with Crippen LogP contribution in [0.4, 0.5) is 0 Å². The summed E-state index contributed by atoms with van der Waals surface area (Å²) < 4.78 is 5.13. The quantitative estimate of drug-likeness (QED) is 0.654. The van der Waals surface area contributed by atoms with Crippen LogP contribution in [0, 0.1) is 0 Å². The van der Waals surface area contributed by atoms with Crippen LogP contribution in [-0.2, 0) is 4.79 Å². The van der Waals surface area contributed by atoms with Gasteiger partial charge in [0, 0.05) is 10.6 Å². The molecule has 0 saturated heterocycles. The zero-order valence-electron chi connectivity index (χ0n) is 11.8. The Hall–Kier alpha value is -2.60. The highest BCUT2D eigenvalue weighted by atomic mass is 35.5. The van der Waals surface area contributed by atoms with Gasteiger partial charge in [-0.3, -0.25) is 9.59 Å². The first-order chi connectivity index (χ1) is 10.6. The van der Waals surface area contributed by atoms with E-state index in [0.29, 0.717) is 22.1 Å². The van der Waals surface area contributed by atoms with E-state index < -0.39 is 5.91 Å². The molecule has 0 aliphatic rings. The Morgan fingerprint density at radius 2 is 2.09 bits per heavy atom. The van der Waals surface area contributed by atoms with E-state index >= 15 is 0 Å². The molecule has 0 unspecified atom stereocenters. The Morgan fingerprint density at radius 1 is 1.27 bits per heavy atom. The first-order valence-corrected chi connectivity index (χ1v) is 6.85. The number of hydrogen-bond donors (Lipinski definition) is 2. The van der Waals surface area contributed by atoms with Crippen LogP contribution < -0.4 is 10.7 Å². The Kier molecular flexibility index (Phi) is 5.32. The van der Waals surface area contributed by atoms with Gasteiger partial charge in [0.25, 0.3) is 11.8 Å². The number of nitrogens with zero attached hydrogens (tertiary/aromatic N) is 1. The fourth-order valence-electron chi connectivity index (χ4n) is 1.62. The second-order valence-corrected chi connectivity index (χ2v) is 4.84. The third-order valence-corrected chi connectivity index (χ3v) is 2.96. The molecule has 0 saturated carbocycles. The lowest BCUT2D eigenvalue weighted by Crippen LogP contribution is -2.35. The van der Waals surface area contributed by atoms with Crippen LogP contribution in [0.5, 0.6) is 0 Å². The zero-order chi connectivity index (χ0) is 15.9. The lowest BCUT2D eigenvalue weighted by atomic mass is 10.2. The smallest absolute Gasteiger partial charge is 0.259 e. The number of hydrazone groups is 1. The monoisotopic (exact) mass is 319 g/mol. The van der Waals surface area contributed by atoms with Gasteiger partial charge in [-0.1, -0.05) is 17.7 Å². The van der Waals surface area contributed by atoms with Crippen molar-refractivity contribution in [3.05, 3.63) is 59.0 Å². The predicted molar refractivity (Wildman–Crippen MR) is 82.8 cm³/mol. The summed E-state index contributed by atoms with van der Waals surface area (Å²) >= 11 is 5.80. The maximum Gasteiger partial charge on any atom is 0.259 e. The maximum atomic E-state index is 11.8. The Bertz CT molecular complexity index is 696. The minimum Gasteiger partial charge on any atom is -0.463 e. The summed E-state index contributed by atoms with van der Waals surface area (Å²) in [5.74, 6) is -0.270. The van der Waals surface area contributed by atoms with E-state index in [-0.39, 0.29) is 12.5 Å². The van der Waals surface area contributed by atoms with Crippen LogP contribution in [-0.4, -0.2) is 24.1 Å². The number of furan rings is 1. The van der Waals surface area contributed by atoms with Gasteiger partial charge in [0.2, 0.25) is 0 Å². The molecule has 2 amide bonds. The second-order valence-electron chi connectivity index (χ2n) is 4.40. The van der Waals surface area contributed by atoms with Gasteiger partial charge in [0.05, 0.1) is 12.8 Å². The molecule has 0 spiro atoms. The standard InChI is InChI=1S/C15H14ClN3O3/c1-10(13-6-3-7-22-13)18-19-14(20)9-17-15(21)11-4-2-5-12(16)8-11/h2-8H,9H2,1H3,(H,17,21)(H,19,20)/b18-10-. The number of benzene rings is 1. The van der Waals surface area contributed by atoms with Crippen molar-refractivity contribution in [3.63, 3.8) is 0 Å². The van der Waals surface area contributed by atoms with E-state index in [1.54, 1.807) is 37.3 Å². The lowest BCUT2D eigenvalue weighted by Gasteiger charge is -2.05. The van der Waals surface area contributed by atoms with Crippen molar-refractivity contribution in [2.75, 3.05) is 6.54 Å². The number of carbonyl (C=O) groups is 2. The summed E-state index contributed by atoms with van der Waals surface area (Å²) in [5, 5.41) is 6.82. The maximum absolute atomic E-state index is 11.8. The first kappa shape index (κ1) is 15.8. The number of nitrogens with one attached hydrogen (secondary N) is 2. The summed E-state index contributed by atoms with van der Waals surface area (Å²) in [6.45, 7) is 1.50. The van der Waals surface area contributed by atoms with Crippen molar-refractivity contribution in [2.45, 2.75) is 6.92 Å². The van der Waals surface area contributed by atoms with Crippen molar-refractivity contribution in [2.24, 2.45) is 5.10 Å². The van der Waals surface area contributed by atoms with Crippen LogP contribution >= 0.6 is 11.6 Å². The molecule has 114 valence electrons. The third kappa shape index (κ3) is 4.46. The van der Waals surface area contributed by atoms with Gasteiger partial charge in [-0.2, -0.15) is 5.10 Å². The molecule has 6 nitrogen and oxygen atoms in total. The van der Waals surface area contributed by atoms with E-state index in [4.69, 9.17) is 16.0 Å². The normalized spacial score (nSPS) is 11.1. The minimum absolute atomic E-state index is 0.194. The number of rotatable bonds is 5. The van der Waals surface area contributed by atoms with E-state index in [1.165, 1.54) is 12.3 Å². The van der Waals surface area contributed by atoms with Crippen LogP contribution in [0.2, 0.25) is 5.02 Å². The molecule has 0 radical (unpaired) electrons. The summed E-state index contributed by atoms with van der Waals surface area (Å²) in [6.07, 6.45) is 1.52. The summed E-state index contributed by atoms with van der Waals surface area (Å²) in [7, 11) is 0. The van der Waals surface area contributed by atoms with Crippen molar-refractivity contribution >= 4 is 29.1 Å². The molecule has 7 heteroatoms. The zero-order valence-corrected chi connectivity index (χ0v) is 12.6. The number of hydrogen-bond acceptors (Lipinski definition) is 4. The largest absolute Gasteiger partial charge is 0.463 e. The second kappa shape index (κ2) is 7.42. The van der Waals surface area contributed by atoms with Gasteiger partial charge >= 0.3 is 0 Å². The Balaban J connectivity index is 1.83. The van der Waals surface area contributed by atoms with E-state index in [9.17, 15) is 9.59 Å². The molecule has 0 aliphatic heterocycles. The van der Waals surface area contributed by atoms with Crippen LogP contribution in [0.1, 0.15) is 23.0 Å². The summed E-state index contributed by atoms with van der Waals surface area (Å²) in [6, 6.07) is 9.91. The molecule has 0 aliphatic carbocycles. The van der Waals surface area contributed by atoms with Crippen LogP contribution in [0.3, 0.4) is 0 Å². The molecule has 1 heterocycles. The molecule has 1 aromatic heterocycles. The lowest BCUT2D eigenvalue weighted by molar-refractivity contribution is -0.120. The number of carbonyl (C=O) groups excluding carboxylic acids is 2. The fourth-order valence-corrected chi connectivity index (χ4v) is 1.81. The number of amides is 2. The van der Waals surface area contributed by atoms with Gasteiger partial charge in [-0.25, -0.2) is 5.43 Å². The average molecular weight is 320 g/mol. The molecular weight excluding hydrogens is 306 g/mol. The first-order valence-electron chi connectivity index (χ1n) is 6.47. The van der Waals surface area contributed by atoms with E-state index in [2.05, 4.69) is 15.8 Å². The van der Waals surface area contributed by atoms with Gasteiger partial charge < -0.3 is 9.73 Å². The highest BCUT2D eigenvalue weighted by Crippen LogP contribution is 2.10. The summed E-state index contributed by atoms with van der Waals surface area (Å²) in [4.78, 5) is 23.5. The van der Waals surface area contributed by atoms with Crippen molar-refractivity contribution in [1.82, 2.24) is 10.7 Å². The fraction of sp³-hybridized carbons (Fsp3) is 0.133. The molecule has 2 rings (SSSR count). The van der Waals surface area contributed by atoms with Crippen molar-refractivity contribution in [1.29, 1.82) is 0 Å². The van der Waals surface area contributed by atoms with Crippen LogP contribution in [0.25, 0.3) is 0 Å². The minimum atomic E-state index is -0.443. The Labute approximate surface area is 132 Å². The Morgan fingerprint density at radius 3 is 2.77 bits per heavy atom. The van der Waals surface area contributed by atoms with Gasteiger partial charge in [0.15, 0.2) is 0 Å².